The third kappa shape index (κ3) is 3.46. The number of benzene rings is 1. The predicted molar refractivity (Wildman–Crippen MR) is 84.2 cm³/mol. The fourth-order valence-electron chi connectivity index (χ4n) is 2.46. The fourth-order valence-corrected chi connectivity index (χ4v) is 2.46. The highest BCUT2D eigenvalue weighted by atomic mass is 35.5. The fraction of sp³-hybridized carbons (Fsp3) is 0.333. The molecule has 0 aliphatic carbocycles. The van der Waals surface area contributed by atoms with Crippen LogP contribution in [0.4, 0.5) is 4.39 Å². The van der Waals surface area contributed by atoms with Crippen LogP contribution in [0.3, 0.4) is 0 Å². The molecule has 2 aromatic rings. The van der Waals surface area contributed by atoms with E-state index in [9.17, 15) is 9.18 Å². The molecule has 23 heavy (non-hydrogen) atoms. The van der Waals surface area contributed by atoms with Gasteiger partial charge in [0.15, 0.2) is 11.5 Å². The van der Waals surface area contributed by atoms with Crippen LogP contribution in [-0.2, 0) is 0 Å². The number of carbonyl (C=O) groups is 1. The maximum absolute atomic E-state index is 14.0. The van der Waals surface area contributed by atoms with E-state index in [4.69, 9.17) is 15.0 Å². The van der Waals surface area contributed by atoms with E-state index >= 15 is 0 Å². The van der Waals surface area contributed by atoms with Crippen molar-refractivity contribution in [2.24, 2.45) is 5.73 Å². The quantitative estimate of drug-likeness (QED) is 0.924. The zero-order valence-electron chi connectivity index (χ0n) is 12.5. The van der Waals surface area contributed by atoms with E-state index in [1.54, 1.807) is 11.0 Å². The number of hydrogen-bond donors (Lipinski definition) is 1. The summed E-state index contributed by atoms with van der Waals surface area (Å²) in [5.74, 6) is -0.148. The van der Waals surface area contributed by atoms with Crippen LogP contribution in [0.5, 0.6) is 5.75 Å². The predicted octanol–water partition coefficient (Wildman–Crippen LogP) is 2.08. The Kier molecular flexibility index (Phi) is 5.23. The van der Waals surface area contributed by atoms with Crippen LogP contribution in [0.25, 0.3) is 11.3 Å². The van der Waals surface area contributed by atoms with Crippen molar-refractivity contribution >= 4 is 18.3 Å². The summed E-state index contributed by atoms with van der Waals surface area (Å²) in [4.78, 5) is 13.9. The first-order chi connectivity index (χ1) is 10.6. The van der Waals surface area contributed by atoms with Crippen molar-refractivity contribution in [3.63, 3.8) is 0 Å². The molecule has 1 aliphatic heterocycles. The first-order valence-electron chi connectivity index (χ1n) is 6.94. The van der Waals surface area contributed by atoms with Crippen LogP contribution < -0.4 is 10.5 Å². The Morgan fingerprint density at radius 1 is 1.48 bits per heavy atom. The minimum absolute atomic E-state index is 0. The molecule has 0 radical (unpaired) electrons. The molecular weight excluding hydrogens is 325 g/mol. The van der Waals surface area contributed by atoms with Crippen LogP contribution in [0.1, 0.15) is 16.9 Å². The van der Waals surface area contributed by atoms with Crippen molar-refractivity contribution in [1.82, 2.24) is 10.1 Å². The first kappa shape index (κ1) is 17.2. The topological polar surface area (TPSA) is 81.6 Å². The van der Waals surface area contributed by atoms with Crippen molar-refractivity contribution in [3.8, 4) is 17.1 Å². The Labute approximate surface area is 138 Å². The molecule has 1 aromatic heterocycles. The number of nitrogens with two attached hydrogens (primary N) is 1. The van der Waals surface area contributed by atoms with Gasteiger partial charge in [-0.1, -0.05) is 5.16 Å². The average Bonchev–Trinajstić information content (AvgIpc) is 3.15. The summed E-state index contributed by atoms with van der Waals surface area (Å²) in [5.41, 5.74) is 6.16. The molecule has 1 fully saturated rings. The second kappa shape index (κ2) is 6.97. The summed E-state index contributed by atoms with van der Waals surface area (Å²) in [6.07, 6.45) is 0.767. The van der Waals surface area contributed by atoms with Crippen LogP contribution in [0, 0.1) is 5.82 Å². The molecule has 2 N–H and O–H groups in total. The number of halogens is 2. The Morgan fingerprint density at radius 3 is 2.87 bits per heavy atom. The molecule has 0 bridgehead atoms. The third-order valence-electron chi connectivity index (χ3n) is 3.68. The van der Waals surface area contributed by atoms with Crippen molar-refractivity contribution < 1.29 is 18.4 Å². The normalized spacial score (nSPS) is 17.0. The third-order valence-corrected chi connectivity index (χ3v) is 3.68. The van der Waals surface area contributed by atoms with Gasteiger partial charge in [0, 0.05) is 31.3 Å². The lowest BCUT2D eigenvalue weighted by molar-refractivity contribution is 0.0780. The van der Waals surface area contributed by atoms with Crippen LogP contribution in [-0.4, -0.2) is 42.2 Å². The number of aromatic nitrogens is 1. The number of amides is 1. The number of methoxy groups -OCH3 is 1. The van der Waals surface area contributed by atoms with Gasteiger partial charge in [0.2, 0.25) is 0 Å². The molecular formula is C15H17ClFN3O3. The molecule has 1 aliphatic rings. The minimum atomic E-state index is -0.502. The van der Waals surface area contributed by atoms with Gasteiger partial charge in [-0.2, -0.15) is 0 Å². The summed E-state index contributed by atoms with van der Waals surface area (Å²) in [6.45, 7) is 1.09. The van der Waals surface area contributed by atoms with E-state index in [1.807, 2.05) is 0 Å². The molecule has 1 saturated heterocycles. The van der Waals surface area contributed by atoms with E-state index in [2.05, 4.69) is 5.16 Å². The van der Waals surface area contributed by atoms with Crippen LogP contribution in [0.2, 0.25) is 0 Å². The van der Waals surface area contributed by atoms with Gasteiger partial charge in [-0.3, -0.25) is 4.79 Å². The average molecular weight is 342 g/mol. The van der Waals surface area contributed by atoms with Crippen molar-refractivity contribution in [1.29, 1.82) is 0 Å². The maximum Gasteiger partial charge on any atom is 0.276 e. The van der Waals surface area contributed by atoms with Gasteiger partial charge in [-0.05, 0) is 18.6 Å². The number of hydrogen-bond acceptors (Lipinski definition) is 5. The van der Waals surface area contributed by atoms with E-state index in [0.29, 0.717) is 18.8 Å². The summed E-state index contributed by atoms with van der Waals surface area (Å²) < 4.78 is 24.1. The van der Waals surface area contributed by atoms with Crippen molar-refractivity contribution in [3.05, 3.63) is 35.8 Å². The lowest BCUT2D eigenvalue weighted by Gasteiger charge is -2.13. The van der Waals surface area contributed by atoms with Gasteiger partial charge in [0.25, 0.3) is 5.91 Å². The summed E-state index contributed by atoms with van der Waals surface area (Å²) in [7, 11) is 1.46. The molecule has 1 unspecified atom stereocenters. The van der Waals surface area contributed by atoms with E-state index in [-0.39, 0.29) is 41.4 Å². The van der Waals surface area contributed by atoms with Crippen molar-refractivity contribution in [2.45, 2.75) is 12.5 Å². The van der Waals surface area contributed by atoms with Gasteiger partial charge < -0.3 is 19.9 Å². The van der Waals surface area contributed by atoms with E-state index < -0.39 is 5.82 Å². The maximum atomic E-state index is 14.0. The Bertz CT molecular complexity index is 707. The molecule has 3 rings (SSSR count). The monoisotopic (exact) mass is 341 g/mol. The van der Waals surface area contributed by atoms with E-state index in [1.165, 1.54) is 25.3 Å². The van der Waals surface area contributed by atoms with Crippen molar-refractivity contribution in [2.75, 3.05) is 20.2 Å². The van der Waals surface area contributed by atoms with E-state index in [0.717, 1.165) is 6.42 Å². The minimum Gasteiger partial charge on any atom is -0.497 e. The highest BCUT2D eigenvalue weighted by molar-refractivity contribution is 5.93. The zero-order chi connectivity index (χ0) is 15.7. The number of ether oxygens (including phenoxy) is 1. The highest BCUT2D eigenvalue weighted by Gasteiger charge is 2.27. The summed E-state index contributed by atoms with van der Waals surface area (Å²) in [5, 5.41) is 3.74. The van der Waals surface area contributed by atoms with Crippen LogP contribution in [0.15, 0.2) is 28.8 Å². The SMILES string of the molecule is COc1ccc(-c2cc(C(=O)N3CCC(N)C3)no2)c(F)c1.Cl. The molecule has 1 amide bonds. The Hall–Kier alpha value is -2.12. The molecule has 124 valence electrons. The smallest absolute Gasteiger partial charge is 0.276 e. The second-order valence-electron chi connectivity index (χ2n) is 5.22. The molecule has 1 aromatic carbocycles. The summed E-state index contributed by atoms with van der Waals surface area (Å²) in [6, 6.07) is 5.82. The van der Waals surface area contributed by atoms with Crippen LogP contribution >= 0.6 is 12.4 Å². The zero-order valence-corrected chi connectivity index (χ0v) is 13.3. The van der Waals surface area contributed by atoms with Gasteiger partial charge >= 0.3 is 0 Å². The second-order valence-corrected chi connectivity index (χ2v) is 5.22. The number of nitrogens with zero attached hydrogens (tertiary/aromatic N) is 2. The Balaban J connectivity index is 0.00000192. The molecule has 1 atom stereocenters. The number of rotatable bonds is 3. The standard InChI is InChI=1S/C15H16FN3O3.ClH/c1-21-10-2-3-11(12(16)6-10)14-7-13(18-22-14)15(20)19-5-4-9(17)8-19;/h2-3,6-7,9H,4-5,8,17H2,1H3;1H. The largest absolute Gasteiger partial charge is 0.497 e. The number of carbonyl (C=O) groups excluding carboxylic acids is 1. The molecule has 0 spiro atoms. The molecule has 8 heteroatoms. The first-order valence-corrected chi connectivity index (χ1v) is 6.94. The van der Waals surface area contributed by atoms with Gasteiger partial charge in [0.05, 0.1) is 12.7 Å². The molecule has 2 heterocycles. The molecule has 6 nitrogen and oxygen atoms in total. The number of likely N-dealkylation sites (tertiary alicyclic amines) is 1. The summed E-state index contributed by atoms with van der Waals surface area (Å²) >= 11 is 0. The van der Waals surface area contributed by atoms with Gasteiger partial charge in [-0.15, -0.1) is 12.4 Å². The van der Waals surface area contributed by atoms with Gasteiger partial charge in [0.1, 0.15) is 11.6 Å². The lowest BCUT2D eigenvalue weighted by atomic mass is 10.1. The Morgan fingerprint density at radius 2 is 2.26 bits per heavy atom. The highest BCUT2D eigenvalue weighted by Crippen LogP contribution is 2.27. The molecule has 0 saturated carbocycles. The lowest BCUT2D eigenvalue weighted by Crippen LogP contribution is -2.32. The van der Waals surface area contributed by atoms with Gasteiger partial charge in [-0.25, -0.2) is 4.39 Å².